The molecule has 0 aliphatic rings. The third-order valence-corrected chi connectivity index (χ3v) is 2.98. The average Bonchev–Trinajstić information content (AvgIpc) is 2.47. The van der Waals surface area contributed by atoms with Gasteiger partial charge in [0.15, 0.2) is 0 Å². The molecule has 102 valence electrons. The van der Waals surface area contributed by atoms with Crippen LogP contribution < -0.4 is 15.2 Å². The third kappa shape index (κ3) is 3.34. The fourth-order valence-corrected chi connectivity index (χ4v) is 1.89. The van der Waals surface area contributed by atoms with Crippen molar-refractivity contribution in [3.8, 4) is 17.6 Å². The Bertz CT molecular complexity index is 665. The number of ether oxygens (including phenoxy) is 2. The molecule has 0 aliphatic carbocycles. The van der Waals surface area contributed by atoms with Crippen LogP contribution in [0, 0.1) is 11.3 Å². The van der Waals surface area contributed by atoms with Crippen LogP contribution >= 0.6 is 11.6 Å². The molecule has 0 bridgehead atoms. The summed E-state index contributed by atoms with van der Waals surface area (Å²) in [6.07, 6.45) is 0. The second-order valence-corrected chi connectivity index (χ2v) is 4.58. The summed E-state index contributed by atoms with van der Waals surface area (Å²) in [5.41, 5.74) is 7.72. The van der Waals surface area contributed by atoms with Crippen LogP contribution in [0.3, 0.4) is 0 Å². The zero-order valence-corrected chi connectivity index (χ0v) is 11.6. The highest BCUT2D eigenvalue weighted by Crippen LogP contribution is 2.25. The molecule has 2 aromatic rings. The summed E-state index contributed by atoms with van der Waals surface area (Å²) >= 11 is 5.92. The van der Waals surface area contributed by atoms with Crippen LogP contribution in [0.25, 0.3) is 0 Å². The minimum absolute atomic E-state index is 0.268. The molecule has 0 spiro atoms. The molecule has 4 nitrogen and oxygen atoms in total. The second kappa shape index (κ2) is 6.18. The standard InChI is InChI=1S/C15H13ClN2O2/c1-19-13-4-10(8-17)5-14(7-13)20-9-11-6-12(16)2-3-15(11)18/h2-7H,9,18H2,1H3. The predicted molar refractivity (Wildman–Crippen MR) is 77.9 cm³/mol. The van der Waals surface area contributed by atoms with Crippen molar-refractivity contribution in [2.24, 2.45) is 0 Å². The van der Waals surface area contributed by atoms with E-state index < -0.39 is 0 Å². The molecule has 0 aliphatic heterocycles. The Morgan fingerprint density at radius 2 is 1.95 bits per heavy atom. The first kappa shape index (κ1) is 14.0. The van der Waals surface area contributed by atoms with Gasteiger partial charge in [0.2, 0.25) is 0 Å². The molecule has 0 saturated heterocycles. The van der Waals surface area contributed by atoms with Crippen LogP contribution in [0.15, 0.2) is 36.4 Å². The molecular formula is C15H13ClN2O2. The third-order valence-electron chi connectivity index (χ3n) is 2.74. The lowest BCUT2D eigenvalue weighted by molar-refractivity contribution is 0.304. The molecule has 0 fully saturated rings. The van der Waals surface area contributed by atoms with Crippen molar-refractivity contribution in [1.29, 1.82) is 5.26 Å². The Morgan fingerprint density at radius 3 is 2.65 bits per heavy atom. The molecule has 0 unspecified atom stereocenters. The van der Waals surface area contributed by atoms with E-state index in [1.165, 1.54) is 7.11 Å². The Hall–Kier alpha value is -2.38. The molecule has 0 heterocycles. The highest BCUT2D eigenvalue weighted by Gasteiger charge is 2.05. The van der Waals surface area contributed by atoms with Gasteiger partial charge >= 0.3 is 0 Å². The van der Waals surface area contributed by atoms with Gasteiger partial charge in [-0.15, -0.1) is 0 Å². The quantitative estimate of drug-likeness (QED) is 0.876. The number of halogens is 1. The first-order chi connectivity index (χ1) is 9.62. The first-order valence-corrected chi connectivity index (χ1v) is 6.26. The van der Waals surface area contributed by atoms with E-state index in [1.54, 1.807) is 36.4 Å². The average molecular weight is 289 g/mol. The van der Waals surface area contributed by atoms with Gasteiger partial charge in [-0.3, -0.25) is 0 Å². The molecule has 0 radical (unpaired) electrons. The molecule has 0 aromatic heterocycles. The highest BCUT2D eigenvalue weighted by molar-refractivity contribution is 6.30. The number of nitriles is 1. The van der Waals surface area contributed by atoms with Gasteiger partial charge in [0, 0.05) is 22.3 Å². The monoisotopic (exact) mass is 288 g/mol. The van der Waals surface area contributed by atoms with E-state index in [2.05, 4.69) is 6.07 Å². The van der Waals surface area contributed by atoms with Gasteiger partial charge in [-0.05, 0) is 30.3 Å². The van der Waals surface area contributed by atoms with Gasteiger partial charge in [-0.1, -0.05) is 11.6 Å². The Labute approximate surface area is 122 Å². The summed E-state index contributed by atoms with van der Waals surface area (Å²) in [7, 11) is 1.54. The van der Waals surface area contributed by atoms with Crippen LogP contribution in [0.5, 0.6) is 11.5 Å². The summed E-state index contributed by atoms with van der Waals surface area (Å²) in [5.74, 6) is 1.11. The summed E-state index contributed by atoms with van der Waals surface area (Å²) in [6, 6.07) is 12.3. The lowest BCUT2D eigenvalue weighted by Crippen LogP contribution is -2.00. The molecule has 5 heteroatoms. The van der Waals surface area contributed by atoms with Crippen molar-refractivity contribution in [1.82, 2.24) is 0 Å². The van der Waals surface area contributed by atoms with E-state index in [9.17, 15) is 0 Å². The van der Waals surface area contributed by atoms with Gasteiger partial charge in [0.1, 0.15) is 18.1 Å². The van der Waals surface area contributed by atoms with Gasteiger partial charge in [0.05, 0.1) is 18.7 Å². The van der Waals surface area contributed by atoms with Crippen molar-refractivity contribution in [3.05, 3.63) is 52.5 Å². The molecule has 2 N–H and O–H groups in total. The number of benzene rings is 2. The van der Waals surface area contributed by atoms with E-state index in [0.717, 1.165) is 5.56 Å². The van der Waals surface area contributed by atoms with Crippen LogP contribution in [-0.2, 0) is 6.61 Å². The maximum Gasteiger partial charge on any atom is 0.124 e. The molecule has 0 amide bonds. The van der Waals surface area contributed by atoms with Crippen LogP contribution in [0.1, 0.15) is 11.1 Å². The van der Waals surface area contributed by atoms with Gasteiger partial charge in [0.25, 0.3) is 0 Å². The Morgan fingerprint density at radius 1 is 1.20 bits per heavy atom. The number of nitrogens with two attached hydrogens (primary N) is 1. The topological polar surface area (TPSA) is 68.3 Å². The minimum atomic E-state index is 0.268. The largest absolute Gasteiger partial charge is 0.497 e. The number of methoxy groups -OCH3 is 1. The number of nitrogen functional groups attached to an aromatic ring is 1. The van der Waals surface area contributed by atoms with Crippen molar-refractivity contribution >= 4 is 17.3 Å². The fourth-order valence-electron chi connectivity index (χ4n) is 1.70. The summed E-state index contributed by atoms with van der Waals surface area (Å²) < 4.78 is 10.8. The maximum absolute atomic E-state index is 8.95. The first-order valence-electron chi connectivity index (χ1n) is 5.88. The predicted octanol–water partition coefficient (Wildman–Crippen LogP) is 3.38. The molecule has 20 heavy (non-hydrogen) atoms. The van der Waals surface area contributed by atoms with Crippen LogP contribution in [-0.4, -0.2) is 7.11 Å². The lowest BCUT2D eigenvalue weighted by atomic mass is 10.2. The second-order valence-electron chi connectivity index (χ2n) is 4.14. The van der Waals surface area contributed by atoms with Crippen LogP contribution in [0.4, 0.5) is 5.69 Å². The van der Waals surface area contributed by atoms with Crippen molar-refractivity contribution < 1.29 is 9.47 Å². The Balaban J connectivity index is 2.18. The molecule has 2 aromatic carbocycles. The normalized spacial score (nSPS) is 9.85. The maximum atomic E-state index is 8.95. The summed E-state index contributed by atoms with van der Waals surface area (Å²) in [6.45, 7) is 0.268. The van der Waals surface area contributed by atoms with Crippen molar-refractivity contribution in [3.63, 3.8) is 0 Å². The number of anilines is 1. The number of nitrogens with zero attached hydrogens (tertiary/aromatic N) is 1. The minimum Gasteiger partial charge on any atom is -0.497 e. The molecule has 2 rings (SSSR count). The van der Waals surface area contributed by atoms with E-state index in [4.69, 9.17) is 32.1 Å². The Kier molecular flexibility index (Phi) is 4.34. The van der Waals surface area contributed by atoms with E-state index in [0.29, 0.717) is 27.8 Å². The summed E-state index contributed by atoms with van der Waals surface area (Å²) in [4.78, 5) is 0. The zero-order valence-electron chi connectivity index (χ0n) is 10.9. The fraction of sp³-hybridized carbons (Fsp3) is 0.133. The van der Waals surface area contributed by atoms with Gasteiger partial charge in [-0.2, -0.15) is 5.26 Å². The van der Waals surface area contributed by atoms with Crippen molar-refractivity contribution in [2.45, 2.75) is 6.61 Å². The number of hydrogen-bond acceptors (Lipinski definition) is 4. The summed E-state index contributed by atoms with van der Waals surface area (Å²) in [5, 5.41) is 9.55. The van der Waals surface area contributed by atoms with E-state index in [1.807, 2.05) is 0 Å². The molecule has 0 saturated carbocycles. The SMILES string of the molecule is COc1cc(C#N)cc(OCc2cc(Cl)ccc2N)c1. The van der Waals surface area contributed by atoms with E-state index in [-0.39, 0.29) is 6.61 Å². The highest BCUT2D eigenvalue weighted by atomic mass is 35.5. The van der Waals surface area contributed by atoms with Gasteiger partial charge in [-0.25, -0.2) is 0 Å². The van der Waals surface area contributed by atoms with Gasteiger partial charge < -0.3 is 15.2 Å². The molecule has 0 atom stereocenters. The lowest BCUT2D eigenvalue weighted by Gasteiger charge is -2.10. The number of hydrogen-bond donors (Lipinski definition) is 1. The smallest absolute Gasteiger partial charge is 0.124 e. The molecular weight excluding hydrogens is 276 g/mol. The zero-order chi connectivity index (χ0) is 14.5. The number of rotatable bonds is 4. The van der Waals surface area contributed by atoms with Crippen molar-refractivity contribution in [2.75, 3.05) is 12.8 Å². The van der Waals surface area contributed by atoms with E-state index >= 15 is 0 Å². The van der Waals surface area contributed by atoms with Crippen LogP contribution in [0.2, 0.25) is 5.02 Å².